The standard InChI is InChI=1S/C18H26FNO3/c1-13(12-17(21)14-2-4-15(19)5-3-14)20-16-6-8-18(9-7-16)22-10-11-23-18/h2-5,13,16-17,20-21H,6-12H2,1H3/t13-,17+/m1/s1. The smallest absolute Gasteiger partial charge is 0.168 e. The van der Waals surface area contributed by atoms with Crippen molar-refractivity contribution in [1.29, 1.82) is 0 Å². The van der Waals surface area contributed by atoms with Crippen LogP contribution in [0, 0.1) is 5.82 Å². The van der Waals surface area contributed by atoms with Crippen molar-refractivity contribution in [2.45, 2.75) is 63.0 Å². The summed E-state index contributed by atoms with van der Waals surface area (Å²) in [4.78, 5) is 0. The lowest BCUT2D eigenvalue weighted by molar-refractivity contribution is -0.179. The van der Waals surface area contributed by atoms with Crippen molar-refractivity contribution in [3.63, 3.8) is 0 Å². The summed E-state index contributed by atoms with van der Waals surface area (Å²) in [6.07, 6.45) is 3.94. The monoisotopic (exact) mass is 323 g/mol. The maximum absolute atomic E-state index is 12.9. The zero-order valence-electron chi connectivity index (χ0n) is 13.6. The highest BCUT2D eigenvalue weighted by Gasteiger charge is 2.40. The number of aliphatic hydroxyl groups excluding tert-OH is 1. The van der Waals surface area contributed by atoms with E-state index in [0.29, 0.717) is 25.7 Å². The van der Waals surface area contributed by atoms with Crippen LogP contribution in [-0.2, 0) is 9.47 Å². The molecular formula is C18H26FNO3. The molecule has 2 fully saturated rings. The Morgan fingerprint density at radius 2 is 1.83 bits per heavy atom. The SMILES string of the molecule is C[C@H](C[C@H](O)c1ccc(F)cc1)NC1CCC2(CC1)OCCO2. The second-order valence-electron chi connectivity index (χ2n) is 6.75. The van der Waals surface area contributed by atoms with Crippen molar-refractivity contribution in [3.05, 3.63) is 35.6 Å². The van der Waals surface area contributed by atoms with Gasteiger partial charge in [-0.3, -0.25) is 0 Å². The zero-order valence-corrected chi connectivity index (χ0v) is 13.6. The van der Waals surface area contributed by atoms with Gasteiger partial charge in [-0.25, -0.2) is 4.39 Å². The van der Waals surface area contributed by atoms with Crippen LogP contribution >= 0.6 is 0 Å². The second-order valence-corrected chi connectivity index (χ2v) is 6.75. The maximum atomic E-state index is 12.9. The largest absolute Gasteiger partial charge is 0.388 e. The highest BCUT2D eigenvalue weighted by molar-refractivity contribution is 5.18. The molecule has 1 spiro atoms. The van der Waals surface area contributed by atoms with Gasteiger partial charge in [-0.1, -0.05) is 12.1 Å². The molecule has 1 aromatic rings. The van der Waals surface area contributed by atoms with E-state index in [1.54, 1.807) is 12.1 Å². The van der Waals surface area contributed by atoms with Gasteiger partial charge in [0.25, 0.3) is 0 Å². The molecule has 2 aliphatic rings. The van der Waals surface area contributed by atoms with Gasteiger partial charge in [0.1, 0.15) is 5.82 Å². The van der Waals surface area contributed by atoms with E-state index in [-0.39, 0.29) is 17.6 Å². The fraction of sp³-hybridized carbons (Fsp3) is 0.667. The van der Waals surface area contributed by atoms with E-state index in [0.717, 1.165) is 31.2 Å². The molecule has 4 nitrogen and oxygen atoms in total. The average Bonchev–Trinajstić information content (AvgIpc) is 2.99. The van der Waals surface area contributed by atoms with Crippen LogP contribution in [0.5, 0.6) is 0 Å². The molecule has 23 heavy (non-hydrogen) atoms. The third-order valence-corrected chi connectivity index (χ3v) is 4.91. The lowest BCUT2D eigenvalue weighted by atomic mass is 9.89. The van der Waals surface area contributed by atoms with Gasteiger partial charge in [-0.2, -0.15) is 0 Å². The molecule has 128 valence electrons. The molecule has 0 amide bonds. The number of hydrogen-bond acceptors (Lipinski definition) is 4. The molecule has 1 saturated carbocycles. The minimum absolute atomic E-state index is 0.194. The van der Waals surface area contributed by atoms with E-state index >= 15 is 0 Å². The zero-order chi connectivity index (χ0) is 16.3. The average molecular weight is 323 g/mol. The molecule has 0 aromatic heterocycles. The molecule has 5 heteroatoms. The Kier molecular flexibility index (Phi) is 5.31. The van der Waals surface area contributed by atoms with Gasteiger partial charge in [0.2, 0.25) is 0 Å². The van der Waals surface area contributed by atoms with Crippen molar-refractivity contribution < 1.29 is 19.0 Å². The molecule has 2 N–H and O–H groups in total. The second kappa shape index (κ2) is 7.26. The summed E-state index contributed by atoms with van der Waals surface area (Å²) < 4.78 is 24.4. The Bertz CT molecular complexity index is 491. The van der Waals surface area contributed by atoms with Crippen LogP contribution in [-0.4, -0.2) is 36.2 Å². The minimum atomic E-state index is -0.575. The molecule has 1 aromatic carbocycles. The van der Waals surface area contributed by atoms with Crippen LogP contribution < -0.4 is 5.32 Å². The third-order valence-electron chi connectivity index (χ3n) is 4.91. The normalized spacial score (nSPS) is 24.0. The summed E-state index contributed by atoms with van der Waals surface area (Å²) >= 11 is 0. The van der Waals surface area contributed by atoms with Gasteiger partial charge in [-0.05, 0) is 43.9 Å². The van der Waals surface area contributed by atoms with Crippen LogP contribution in [0.4, 0.5) is 4.39 Å². The number of hydrogen-bond donors (Lipinski definition) is 2. The highest BCUT2D eigenvalue weighted by atomic mass is 19.1. The van der Waals surface area contributed by atoms with E-state index < -0.39 is 6.10 Å². The summed E-state index contributed by atoms with van der Waals surface area (Å²) in [5.41, 5.74) is 0.760. The fourth-order valence-corrected chi connectivity index (χ4v) is 3.64. The van der Waals surface area contributed by atoms with E-state index in [1.165, 1.54) is 12.1 Å². The molecule has 0 unspecified atom stereocenters. The predicted molar refractivity (Wildman–Crippen MR) is 85.5 cm³/mol. The maximum Gasteiger partial charge on any atom is 0.168 e. The molecule has 0 radical (unpaired) electrons. The van der Waals surface area contributed by atoms with Crippen molar-refractivity contribution in [1.82, 2.24) is 5.32 Å². The summed E-state index contributed by atoms with van der Waals surface area (Å²) in [7, 11) is 0. The number of benzene rings is 1. The number of aliphatic hydroxyl groups is 1. The van der Waals surface area contributed by atoms with Gasteiger partial charge >= 0.3 is 0 Å². The molecule has 0 bridgehead atoms. The van der Waals surface area contributed by atoms with Crippen molar-refractivity contribution in [2.75, 3.05) is 13.2 Å². The van der Waals surface area contributed by atoms with E-state index in [4.69, 9.17) is 9.47 Å². The van der Waals surface area contributed by atoms with Gasteiger partial charge < -0.3 is 19.9 Å². The molecule has 1 aliphatic heterocycles. The summed E-state index contributed by atoms with van der Waals surface area (Å²) in [5.74, 6) is -0.603. The topological polar surface area (TPSA) is 50.7 Å². The first-order chi connectivity index (χ1) is 11.1. The first-order valence-corrected chi connectivity index (χ1v) is 8.54. The molecule has 3 rings (SSSR count). The number of rotatable bonds is 5. The molecule has 1 aliphatic carbocycles. The van der Waals surface area contributed by atoms with Crippen LogP contribution in [0.1, 0.15) is 50.7 Å². The van der Waals surface area contributed by atoms with Crippen molar-refractivity contribution >= 4 is 0 Å². The van der Waals surface area contributed by atoms with E-state index in [1.807, 2.05) is 0 Å². The Balaban J connectivity index is 1.44. The van der Waals surface area contributed by atoms with Crippen LogP contribution in [0.15, 0.2) is 24.3 Å². The number of ether oxygens (including phenoxy) is 2. The molecule has 2 atom stereocenters. The Morgan fingerprint density at radius 1 is 1.22 bits per heavy atom. The Labute approximate surface area is 137 Å². The Morgan fingerprint density at radius 3 is 2.43 bits per heavy atom. The minimum Gasteiger partial charge on any atom is -0.388 e. The summed E-state index contributed by atoms with van der Waals surface area (Å²) in [6, 6.07) is 6.69. The fourth-order valence-electron chi connectivity index (χ4n) is 3.64. The lowest BCUT2D eigenvalue weighted by Gasteiger charge is -2.37. The molecule has 1 saturated heterocycles. The van der Waals surface area contributed by atoms with Crippen LogP contribution in [0.25, 0.3) is 0 Å². The van der Waals surface area contributed by atoms with Gasteiger partial charge in [-0.15, -0.1) is 0 Å². The number of halogens is 1. The van der Waals surface area contributed by atoms with Gasteiger partial charge in [0.15, 0.2) is 5.79 Å². The van der Waals surface area contributed by atoms with Crippen molar-refractivity contribution in [2.24, 2.45) is 0 Å². The Hall–Kier alpha value is -1.01. The summed E-state index contributed by atoms with van der Waals surface area (Å²) in [6.45, 7) is 3.50. The van der Waals surface area contributed by atoms with E-state index in [2.05, 4.69) is 12.2 Å². The molecular weight excluding hydrogens is 297 g/mol. The van der Waals surface area contributed by atoms with Crippen molar-refractivity contribution in [3.8, 4) is 0 Å². The number of nitrogens with one attached hydrogen (secondary N) is 1. The van der Waals surface area contributed by atoms with Gasteiger partial charge in [0.05, 0.1) is 19.3 Å². The lowest BCUT2D eigenvalue weighted by Crippen LogP contribution is -2.45. The first-order valence-electron chi connectivity index (χ1n) is 8.54. The van der Waals surface area contributed by atoms with E-state index in [9.17, 15) is 9.50 Å². The summed E-state index contributed by atoms with van der Waals surface area (Å²) in [5, 5.41) is 13.9. The molecule has 1 heterocycles. The van der Waals surface area contributed by atoms with Gasteiger partial charge in [0, 0.05) is 24.9 Å². The first kappa shape index (κ1) is 16.8. The predicted octanol–water partition coefficient (Wildman–Crippen LogP) is 2.91. The quantitative estimate of drug-likeness (QED) is 0.875. The highest BCUT2D eigenvalue weighted by Crippen LogP contribution is 2.36. The third kappa shape index (κ3) is 4.29. The van der Waals surface area contributed by atoms with Crippen LogP contribution in [0.2, 0.25) is 0 Å². The van der Waals surface area contributed by atoms with Crippen LogP contribution in [0.3, 0.4) is 0 Å².